The Balaban J connectivity index is 2.17. The first-order valence-corrected chi connectivity index (χ1v) is 8.21. The Hall–Kier alpha value is -2.42. The maximum absolute atomic E-state index is 12.1. The lowest BCUT2D eigenvalue weighted by Crippen LogP contribution is -2.39. The maximum Gasteiger partial charge on any atom is 0.338 e. The molecule has 2 rings (SSSR count). The molecule has 0 radical (unpaired) electrons. The first-order valence-electron chi connectivity index (χ1n) is 8.21. The number of allylic oxidation sites excluding steroid dienone is 2. The van der Waals surface area contributed by atoms with Crippen molar-refractivity contribution in [1.29, 1.82) is 10.5 Å². The lowest BCUT2D eigenvalue weighted by molar-refractivity contribution is -0.199. The number of esters is 2. The molecule has 0 N–H and O–H groups in total. The first-order chi connectivity index (χ1) is 12.0. The topological polar surface area (TPSA) is 119 Å². The van der Waals surface area contributed by atoms with E-state index in [2.05, 4.69) is 0 Å². The molecule has 134 valence electrons. The fourth-order valence-electron chi connectivity index (χ4n) is 3.01. The normalized spacial score (nSPS) is 28.1. The highest BCUT2D eigenvalue weighted by atomic mass is 16.8. The Kier molecular flexibility index (Phi) is 6.13. The van der Waals surface area contributed by atoms with E-state index in [9.17, 15) is 9.59 Å². The van der Waals surface area contributed by atoms with Gasteiger partial charge in [-0.15, -0.1) is 0 Å². The number of ether oxygens (including phenoxy) is 4. The quantitative estimate of drug-likeness (QED) is 0.554. The Labute approximate surface area is 145 Å². The van der Waals surface area contributed by atoms with Gasteiger partial charge in [-0.3, -0.25) is 0 Å². The molecule has 1 spiro atoms. The zero-order chi connectivity index (χ0) is 18.4. The fraction of sp³-hybridized carbons (Fsp3) is 0.647. The second-order valence-corrected chi connectivity index (χ2v) is 5.69. The molecule has 0 amide bonds. The van der Waals surface area contributed by atoms with Crippen LogP contribution in [0, 0.1) is 22.7 Å². The second-order valence-electron chi connectivity index (χ2n) is 5.69. The van der Waals surface area contributed by atoms with Gasteiger partial charge in [0.1, 0.15) is 17.7 Å². The van der Waals surface area contributed by atoms with Crippen molar-refractivity contribution >= 4 is 11.9 Å². The third-order valence-corrected chi connectivity index (χ3v) is 4.19. The van der Waals surface area contributed by atoms with Crippen molar-refractivity contribution in [2.75, 3.05) is 13.2 Å². The van der Waals surface area contributed by atoms with Crippen molar-refractivity contribution in [3.05, 3.63) is 11.1 Å². The summed E-state index contributed by atoms with van der Waals surface area (Å²) in [5.41, 5.74) is 0.826. The van der Waals surface area contributed by atoms with Crippen molar-refractivity contribution < 1.29 is 28.5 Å². The number of carbonyl (C=O) groups is 2. The van der Waals surface area contributed by atoms with E-state index in [1.54, 1.807) is 13.8 Å². The monoisotopic (exact) mass is 348 g/mol. The van der Waals surface area contributed by atoms with Crippen LogP contribution in [0.4, 0.5) is 0 Å². The zero-order valence-electron chi connectivity index (χ0n) is 14.2. The van der Waals surface area contributed by atoms with Crippen LogP contribution in [0.1, 0.15) is 39.5 Å². The van der Waals surface area contributed by atoms with Crippen LogP contribution in [-0.4, -0.2) is 43.1 Å². The Bertz CT molecular complexity index is 603. The minimum atomic E-state index is -1.18. The van der Waals surface area contributed by atoms with E-state index < -0.39 is 29.9 Å². The lowest BCUT2D eigenvalue weighted by Gasteiger charge is -2.32. The number of carbonyl (C=O) groups excluding carboxylic acids is 2. The van der Waals surface area contributed by atoms with E-state index in [0.717, 1.165) is 5.57 Å². The summed E-state index contributed by atoms with van der Waals surface area (Å²) in [6.07, 6.45) is -0.864. The molecule has 0 aromatic heterocycles. The number of nitrogens with zero attached hydrogens (tertiary/aromatic N) is 2. The third kappa shape index (κ3) is 3.98. The summed E-state index contributed by atoms with van der Waals surface area (Å²) in [6, 6.07) is 3.75. The minimum absolute atomic E-state index is 0.0942. The van der Waals surface area contributed by atoms with Gasteiger partial charge in [0.15, 0.2) is 18.0 Å². The summed E-state index contributed by atoms with van der Waals surface area (Å²) in [7, 11) is 0. The van der Waals surface area contributed by atoms with Crippen LogP contribution in [0.5, 0.6) is 0 Å². The molecule has 8 heteroatoms. The zero-order valence-corrected chi connectivity index (χ0v) is 14.2. The van der Waals surface area contributed by atoms with Crippen LogP contribution in [-0.2, 0) is 28.5 Å². The van der Waals surface area contributed by atoms with Gasteiger partial charge in [0.05, 0.1) is 13.2 Å². The number of hydrogen-bond acceptors (Lipinski definition) is 8. The average Bonchev–Trinajstić information content (AvgIpc) is 2.98. The van der Waals surface area contributed by atoms with Crippen molar-refractivity contribution in [2.24, 2.45) is 0 Å². The fourth-order valence-corrected chi connectivity index (χ4v) is 3.01. The molecule has 1 saturated heterocycles. The van der Waals surface area contributed by atoms with Gasteiger partial charge in [0, 0.05) is 12.8 Å². The van der Waals surface area contributed by atoms with E-state index >= 15 is 0 Å². The van der Waals surface area contributed by atoms with Crippen molar-refractivity contribution in [3.63, 3.8) is 0 Å². The van der Waals surface area contributed by atoms with Crippen molar-refractivity contribution in [1.82, 2.24) is 0 Å². The molecule has 0 aromatic carbocycles. The summed E-state index contributed by atoms with van der Waals surface area (Å²) < 4.78 is 21.5. The molecule has 1 aliphatic heterocycles. The number of nitriles is 2. The van der Waals surface area contributed by atoms with Crippen LogP contribution in [0.25, 0.3) is 0 Å². The van der Waals surface area contributed by atoms with Crippen LogP contribution >= 0.6 is 0 Å². The summed E-state index contributed by atoms with van der Waals surface area (Å²) in [6.45, 7) is 3.63. The first kappa shape index (κ1) is 18.9. The van der Waals surface area contributed by atoms with E-state index in [4.69, 9.17) is 29.5 Å². The molecular weight excluding hydrogens is 328 g/mol. The van der Waals surface area contributed by atoms with Gasteiger partial charge in [-0.1, -0.05) is 0 Å². The molecule has 1 saturated carbocycles. The molecule has 2 aliphatic rings. The molecule has 2 fully saturated rings. The molecule has 0 bridgehead atoms. The third-order valence-electron chi connectivity index (χ3n) is 4.19. The Morgan fingerprint density at radius 1 is 1.04 bits per heavy atom. The highest BCUT2D eigenvalue weighted by Gasteiger charge is 2.55. The van der Waals surface area contributed by atoms with Gasteiger partial charge < -0.3 is 18.9 Å². The molecule has 25 heavy (non-hydrogen) atoms. The van der Waals surface area contributed by atoms with E-state index in [0.29, 0.717) is 25.7 Å². The predicted molar refractivity (Wildman–Crippen MR) is 82.5 cm³/mol. The molecule has 2 atom stereocenters. The molecule has 0 aromatic rings. The van der Waals surface area contributed by atoms with Gasteiger partial charge in [-0.25, -0.2) is 9.59 Å². The van der Waals surface area contributed by atoms with Crippen LogP contribution < -0.4 is 0 Å². The second kappa shape index (κ2) is 8.11. The van der Waals surface area contributed by atoms with Gasteiger partial charge in [-0.2, -0.15) is 10.5 Å². The van der Waals surface area contributed by atoms with Crippen molar-refractivity contribution in [2.45, 2.75) is 57.5 Å². The van der Waals surface area contributed by atoms with Gasteiger partial charge in [-0.05, 0) is 32.3 Å². The number of hydrogen-bond donors (Lipinski definition) is 0. The molecular formula is C17H20N2O6. The minimum Gasteiger partial charge on any atom is -0.464 e. The predicted octanol–water partition coefficient (Wildman–Crippen LogP) is 1.51. The lowest BCUT2D eigenvalue weighted by atomic mass is 9.87. The van der Waals surface area contributed by atoms with Gasteiger partial charge in [0.25, 0.3) is 0 Å². The van der Waals surface area contributed by atoms with Crippen LogP contribution in [0.15, 0.2) is 11.1 Å². The smallest absolute Gasteiger partial charge is 0.338 e. The van der Waals surface area contributed by atoms with Crippen LogP contribution in [0.3, 0.4) is 0 Å². The van der Waals surface area contributed by atoms with Crippen LogP contribution in [0.2, 0.25) is 0 Å². The Morgan fingerprint density at radius 3 is 1.84 bits per heavy atom. The summed E-state index contributed by atoms with van der Waals surface area (Å²) in [4.78, 5) is 24.3. The number of rotatable bonds is 4. The van der Waals surface area contributed by atoms with E-state index in [-0.39, 0.29) is 18.8 Å². The highest BCUT2D eigenvalue weighted by molar-refractivity contribution is 5.86. The maximum atomic E-state index is 12.1. The van der Waals surface area contributed by atoms with E-state index in [1.807, 2.05) is 12.1 Å². The van der Waals surface area contributed by atoms with Gasteiger partial charge in [0.2, 0.25) is 0 Å². The van der Waals surface area contributed by atoms with Crippen molar-refractivity contribution in [3.8, 4) is 12.1 Å². The largest absolute Gasteiger partial charge is 0.464 e. The molecule has 8 nitrogen and oxygen atoms in total. The molecule has 1 aliphatic carbocycles. The SMILES string of the molecule is CCOC(=O)C1OC2(CCC(=C(C#N)C#N)CC2)OC1C(=O)OCC. The molecule has 2 unspecified atom stereocenters. The summed E-state index contributed by atoms with van der Waals surface area (Å²) in [5.74, 6) is -2.46. The van der Waals surface area contributed by atoms with E-state index in [1.165, 1.54) is 0 Å². The highest BCUT2D eigenvalue weighted by Crippen LogP contribution is 2.43. The standard InChI is InChI=1S/C17H20N2O6/c1-3-22-15(20)13-14(16(21)23-4-2)25-17(24-13)7-5-11(6-8-17)12(9-18)10-19/h13-14H,3-8H2,1-2H3. The average molecular weight is 348 g/mol. The van der Waals surface area contributed by atoms with Gasteiger partial charge >= 0.3 is 11.9 Å². The Morgan fingerprint density at radius 2 is 1.48 bits per heavy atom. The summed E-state index contributed by atoms with van der Waals surface area (Å²) >= 11 is 0. The molecule has 1 heterocycles. The summed E-state index contributed by atoms with van der Waals surface area (Å²) in [5, 5.41) is 17.9.